The second-order valence-electron chi connectivity index (χ2n) is 4.60. The number of benzene rings is 1. The fourth-order valence-electron chi connectivity index (χ4n) is 2.45. The Morgan fingerprint density at radius 2 is 1.00 bits per heavy atom. The Labute approximate surface area is 101 Å². The quantitative estimate of drug-likeness (QED) is 0.648. The maximum Gasteiger partial charge on any atom is -0.0279 e. The number of hydrogen-bond acceptors (Lipinski definition) is 0. The van der Waals surface area contributed by atoms with Crippen LogP contribution in [0.15, 0.2) is 12.1 Å². The first-order chi connectivity index (χ1) is 7.76. The largest absolute Gasteiger partial charge is 0.0651 e. The van der Waals surface area contributed by atoms with Crippen LogP contribution in [0.5, 0.6) is 0 Å². The van der Waals surface area contributed by atoms with Crippen LogP contribution in [-0.4, -0.2) is 0 Å². The first kappa shape index (κ1) is 13.3. The zero-order valence-corrected chi connectivity index (χ0v) is 11.4. The summed E-state index contributed by atoms with van der Waals surface area (Å²) in [5.74, 6) is 0. The van der Waals surface area contributed by atoms with Gasteiger partial charge in [0, 0.05) is 0 Å². The van der Waals surface area contributed by atoms with Crippen LogP contribution in [0.25, 0.3) is 0 Å². The molecule has 1 rings (SSSR count). The van der Waals surface area contributed by atoms with Gasteiger partial charge in [0.15, 0.2) is 0 Å². The molecule has 0 aliphatic carbocycles. The molecule has 90 valence electrons. The topological polar surface area (TPSA) is 0 Å². The van der Waals surface area contributed by atoms with Crippen molar-refractivity contribution in [2.75, 3.05) is 0 Å². The van der Waals surface area contributed by atoms with E-state index in [9.17, 15) is 0 Å². The summed E-state index contributed by atoms with van der Waals surface area (Å²) in [7, 11) is 0. The van der Waals surface area contributed by atoms with E-state index in [1.54, 1.807) is 22.3 Å². The van der Waals surface area contributed by atoms with Crippen molar-refractivity contribution < 1.29 is 0 Å². The van der Waals surface area contributed by atoms with Gasteiger partial charge in [0.1, 0.15) is 0 Å². The van der Waals surface area contributed by atoms with Crippen LogP contribution in [-0.2, 0) is 25.7 Å². The Bertz CT molecular complexity index is 294. The fraction of sp³-hybridized carbons (Fsp3) is 0.625. The molecular formula is C16H26. The van der Waals surface area contributed by atoms with Crippen molar-refractivity contribution in [1.82, 2.24) is 0 Å². The van der Waals surface area contributed by atoms with E-state index in [0.717, 1.165) is 0 Å². The first-order valence-corrected chi connectivity index (χ1v) is 6.90. The first-order valence-electron chi connectivity index (χ1n) is 6.90. The molecule has 0 atom stereocenters. The van der Waals surface area contributed by atoms with E-state index in [4.69, 9.17) is 0 Å². The molecule has 1 aromatic carbocycles. The molecule has 16 heavy (non-hydrogen) atoms. The van der Waals surface area contributed by atoms with Gasteiger partial charge in [-0.15, -0.1) is 0 Å². The molecule has 0 radical (unpaired) electrons. The van der Waals surface area contributed by atoms with Crippen molar-refractivity contribution in [2.24, 2.45) is 0 Å². The molecule has 0 bridgehead atoms. The van der Waals surface area contributed by atoms with Crippen LogP contribution < -0.4 is 0 Å². The highest BCUT2D eigenvalue weighted by molar-refractivity contribution is 5.39. The van der Waals surface area contributed by atoms with Crippen molar-refractivity contribution in [3.63, 3.8) is 0 Å². The van der Waals surface area contributed by atoms with Gasteiger partial charge >= 0.3 is 0 Å². The third kappa shape index (κ3) is 3.10. The van der Waals surface area contributed by atoms with Crippen molar-refractivity contribution >= 4 is 0 Å². The molecule has 0 unspecified atom stereocenters. The van der Waals surface area contributed by atoms with E-state index in [0.29, 0.717) is 0 Å². The highest BCUT2D eigenvalue weighted by Crippen LogP contribution is 2.21. The van der Waals surface area contributed by atoms with Crippen LogP contribution in [0.1, 0.15) is 62.8 Å². The average molecular weight is 218 g/mol. The molecule has 0 saturated carbocycles. The lowest BCUT2D eigenvalue weighted by Crippen LogP contribution is -2.00. The molecule has 0 fully saturated rings. The molecule has 0 aliphatic rings. The monoisotopic (exact) mass is 218 g/mol. The van der Waals surface area contributed by atoms with Crippen LogP contribution in [0.4, 0.5) is 0 Å². The Hall–Kier alpha value is -0.780. The summed E-state index contributed by atoms with van der Waals surface area (Å²) in [5, 5.41) is 0. The molecular weight excluding hydrogens is 192 g/mol. The molecule has 0 aromatic heterocycles. The van der Waals surface area contributed by atoms with Crippen LogP contribution in [0.3, 0.4) is 0 Å². The van der Waals surface area contributed by atoms with Gasteiger partial charge in [-0.05, 0) is 47.9 Å². The van der Waals surface area contributed by atoms with Crippen molar-refractivity contribution in [1.29, 1.82) is 0 Å². The second kappa shape index (κ2) is 6.73. The summed E-state index contributed by atoms with van der Waals surface area (Å²) in [6.45, 7) is 9.08. The number of rotatable bonds is 6. The highest BCUT2D eigenvalue weighted by Gasteiger charge is 2.06. The zero-order valence-electron chi connectivity index (χ0n) is 11.4. The number of hydrogen-bond donors (Lipinski definition) is 0. The molecule has 0 heteroatoms. The van der Waals surface area contributed by atoms with E-state index >= 15 is 0 Å². The number of aryl methyl sites for hydroxylation is 4. The van der Waals surface area contributed by atoms with E-state index in [1.165, 1.54) is 38.5 Å². The zero-order chi connectivity index (χ0) is 12.0. The lowest BCUT2D eigenvalue weighted by molar-refractivity contribution is 0.863. The minimum atomic E-state index is 1.18. The lowest BCUT2D eigenvalue weighted by atomic mass is 9.91. The van der Waals surface area contributed by atoms with E-state index in [1.807, 2.05) is 0 Å². The summed E-state index contributed by atoms with van der Waals surface area (Å²) in [6.07, 6.45) is 7.34. The molecule has 0 spiro atoms. The van der Waals surface area contributed by atoms with Crippen molar-refractivity contribution in [2.45, 2.75) is 66.2 Å². The van der Waals surface area contributed by atoms with Gasteiger partial charge in [-0.2, -0.15) is 0 Å². The molecule has 0 saturated heterocycles. The van der Waals surface area contributed by atoms with Crippen LogP contribution in [0, 0.1) is 0 Å². The fourth-order valence-corrected chi connectivity index (χ4v) is 2.45. The summed E-state index contributed by atoms with van der Waals surface area (Å²) < 4.78 is 0. The molecule has 0 nitrogen and oxygen atoms in total. The predicted molar refractivity (Wildman–Crippen MR) is 73.2 cm³/mol. The standard InChI is InChI=1S/C16H26/c1-5-9-15-12-16(10-6-2)14(8-4)11-13(15)7-3/h11-12H,5-10H2,1-4H3. The normalized spacial score (nSPS) is 10.8. The van der Waals surface area contributed by atoms with Crippen LogP contribution in [0.2, 0.25) is 0 Å². The molecule has 0 N–H and O–H groups in total. The maximum absolute atomic E-state index is 2.48. The molecule has 0 amide bonds. The summed E-state index contributed by atoms with van der Waals surface area (Å²) in [4.78, 5) is 0. The van der Waals surface area contributed by atoms with Crippen molar-refractivity contribution in [3.8, 4) is 0 Å². The smallest absolute Gasteiger partial charge is 0.0279 e. The SMILES string of the molecule is CCCc1cc(CCC)c(CC)cc1CC. The van der Waals surface area contributed by atoms with Crippen molar-refractivity contribution in [3.05, 3.63) is 34.4 Å². The third-order valence-corrected chi connectivity index (χ3v) is 3.32. The van der Waals surface area contributed by atoms with Gasteiger partial charge in [0.25, 0.3) is 0 Å². The molecule has 1 aromatic rings. The van der Waals surface area contributed by atoms with Gasteiger partial charge in [-0.1, -0.05) is 52.7 Å². The maximum atomic E-state index is 2.48. The Morgan fingerprint density at radius 3 is 1.31 bits per heavy atom. The van der Waals surface area contributed by atoms with Gasteiger partial charge in [0.05, 0.1) is 0 Å². The average Bonchev–Trinajstić information content (AvgIpc) is 2.30. The Morgan fingerprint density at radius 1 is 0.625 bits per heavy atom. The minimum Gasteiger partial charge on any atom is -0.0651 e. The van der Waals surface area contributed by atoms with Gasteiger partial charge in [-0.25, -0.2) is 0 Å². The summed E-state index contributed by atoms with van der Waals surface area (Å²) >= 11 is 0. The van der Waals surface area contributed by atoms with E-state index < -0.39 is 0 Å². The minimum absolute atomic E-state index is 1.18. The Balaban J connectivity index is 3.12. The summed E-state index contributed by atoms with van der Waals surface area (Å²) in [6, 6.07) is 4.93. The molecule has 0 aliphatic heterocycles. The summed E-state index contributed by atoms with van der Waals surface area (Å²) in [5.41, 5.74) is 6.31. The van der Waals surface area contributed by atoms with E-state index in [-0.39, 0.29) is 0 Å². The van der Waals surface area contributed by atoms with E-state index in [2.05, 4.69) is 39.8 Å². The molecule has 0 heterocycles. The second-order valence-corrected chi connectivity index (χ2v) is 4.60. The highest BCUT2D eigenvalue weighted by atomic mass is 14.1. The van der Waals surface area contributed by atoms with Gasteiger partial charge in [0.2, 0.25) is 0 Å². The van der Waals surface area contributed by atoms with Gasteiger partial charge in [-0.3, -0.25) is 0 Å². The van der Waals surface area contributed by atoms with Crippen LogP contribution >= 0.6 is 0 Å². The lowest BCUT2D eigenvalue weighted by Gasteiger charge is -2.14. The predicted octanol–water partition coefficient (Wildman–Crippen LogP) is 4.72. The van der Waals surface area contributed by atoms with Gasteiger partial charge < -0.3 is 0 Å². The third-order valence-electron chi connectivity index (χ3n) is 3.32. The Kier molecular flexibility index (Phi) is 5.59.